The summed E-state index contributed by atoms with van der Waals surface area (Å²) in [6.07, 6.45) is 1.34. The van der Waals surface area contributed by atoms with Gasteiger partial charge in [-0.15, -0.1) is 0 Å². The van der Waals surface area contributed by atoms with Gasteiger partial charge in [-0.3, -0.25) is 13.9 Å². The summed E-state index contributed by atoms with van der Waals surface area (Å²) in [5, 5.41) is 9.69. The van der Waals surface area contributed by atoms with Crippen LogP contribution in [0.15, 0.2) is 46.0 Å². The van der Waals surface area contributed by atoms with Gasteiger partial charge in [0.1, 0.15) is 11.8 Å². The Labute approximate surface area is 203 Å². The van der Waals surface area contributed by atoms with Crippen LogP contribution in [-0.2, 0) is 11.3 Å². The van der Waals surface area contributed by atoms with Crippen LogP contribution in [0, 0.1) is 11.3 Å². The quantitative estimate of drug-likeness (QED) is 0.512. The molecule has 0 bridgehead atoms. The molecule has 2 aromatic carbocycles. The van der Waals surface area contributed by atoms with Gasteiger partial charge in [0.25, 0.3) is 5.56 Å². The first-order valence-electron chi connectivity index (χ1n) is 11.5. The van der Waals surface area contributed by atoms with Crippen molar-refractivity contribution in [2.45, 2.75) is 44.9 Å². The van der Waals surface area contributed by atoms with Crippen molar-refractivity contribution in [2.24, 2.45) is 0 Å². The lowest BCUT2D eigenvalue weighted by Gasteiger charge is -2.27. The van der Waals surface area contributed by atoms with Crippen molar-refractivity contribution < 1.29 is 18.9 Å². The molecule has 0 spiro atoms. The number of methoxy groups -OCH3 is 2. The summed E-state index contributed by atoms with van der Waals surface area (Å²) >= 11 is 0. The molecule has 0 atom stereocenters. The van der Waals surface area contributed by atoms with E-state index in [0.717, 1.165) is 5.56 Å². The molecule has 3 aromatic rings. The SMILES string of the molecule is COc1ccc(Cn2c(=O)c3cc(OC(C)(C)C#N)ccc3n(C3CCOCC3)c2=O)cc1OC. The minimum atomic E-state index is -1.07. The minimum absolute atomic E-state index is 0.0615. The minimum Gasteiger partial charge on any atom is -0.493 e. The third-order valence-corrected chi connectivity index (χ3v) is 6.13. The summed E-state index contributed by atoms with van der Waals surface area (Å²) < 4.78 is 24.9. The number of nitriles is 1. The van der Waals surface area contributed by atoms with E-state index in [0.29, 0.717) is 54.2 Å². The lowest BCUT2D eigenvalue weighted by molar-refractivity contribution is 0.0691. The number of aromatic nitrogens is 2. The second kappa shape index (κ2) is 9.84. The second-order valence-corrected chi connectivity index (χ2v) is 8.98. The van der Waals surface area contributed by atoms with Gasteiger partial charge in [0.2, 0.25) is 0 Å². The molecule has 35 heavy (non-hydrogen) atoms. The van der Waals surface area contributed by atoms with Crippen LogP contribution in [0.2, 0.25) is 0 Å². The zero-order valence-corrected chi connectivity index (χ0v) is 20.4. The van der Waals surface area contributed by atoms with Crippen LogP contribution in [0.4, 0.5) is 0 Å². The molecular formula is C26H29N3O6. The molecular weight excluding hydrogens is 450 g/mol. The normalized spacial score (nSPS) is 14.5. The van der Waals surface area contributed by atoms with E-state index < -0.39 is 11.2 Å². The summed E-state index contributed by atoms with van der Waals surface area (Å²) in [6, 6.07) is 12.3. The molecule has 0 unspecified atom stereocenters. The van der Waals surface area contributed by atoms with Gasteiger partial charge in [-0.1, -0.05) is 6.07 Å². The summed E-state index contributed by atoms with van der Waals surface area (Å²) in [4.78, 5) is 27.3. The van der Waals surface area contributed by atoms with E-state index in [9.17, 15) is 14.9 Å². The van der Waals surface area contributed by atoms with Crippen molar-refractivity contribution in [2.75, 3.05) is 27.4 Å². The lowest BCUT2D eigenvalue weighted by atomic mass is 10.1. The highest BCUT2D eigenvalue weighted by Gasteiger charge is 2.24. The molecule has 1 aliphatic heterocycles. The van der Waals surface area contributed by atoms with E-state index in [4.69, 9.17) is 18.9 Å². The smallest absolute Gasteiger partial charge is 0.332 e. The average molecular weight is 480 g/mol. The Kier molecular flexibility index (Phi) is 6.85. The van der Waals surface area contributed by atoms with E-state index in [-0.39, 0.29) is 18.3 Å². The number of nitrogens with zero attached hydrogens (tertiary/aromatic N) is 3. The van der Waals surface area contributed by atoms with Crippen molar-refractivity contribution in [1.29, 1.82) is 5.26 Å². The van der Waals surface area contributed by atoms with Gasteiger partial charge in [0.15, 0.2) is 17.1 Å². The Morgan fingerprint density at radius 2 is 1.77 bits per heavy atom. The van der Waals surface area contributed by atoms with E-state index >= 15 is 0 Å². The third-order valence-electron chi connectivity index (χ3n) is 6.13. The van der Waals surface area contributed by atoms with Crippen LogP contribution in [0.5, 0.6) is 17.2 Å². The van der Waals surface area contributed by atoms with Gasteiger partial charge < -0.3 is 18.9 Å². The molecule has 9 nitrogen and oxygen atoms in total. The monoisotopic (exact) mass is 479 g/mol. The second-order valence-electron chi connectivity index (χ2n) is 8.98. The first-order chi connectivity index (χ1) is 16.8. The number of benzene rings is 2. The standard InChI is InChI=1S/C26H29N3O6/c1-26(2,16-27)35-19-6-7-21-20(14-19)24(30)28(25(31)29(21)18-9-11-34-12-10-18)15-17-5-8-22(32-3)23(13-17)33-4/h5-8,13-14,18H,9-12,15H2,1-4H3. The van der Waals surface area contributed by atoms with Crippen molar-refractivity contribution in [3.8, 4) is 23.3 Å². The maximum absolute atomic E-state index is 13.7. The molecule has 1 aromatic heterocycles. The van der Waals surface area contributed by atoms with Crippen LogP contribution >= 0.6 is 0 Å². The highest BCUT2D eigenvalue weighted by molar-refractivity contribution is 5.80. The molecule has 0 saturated carbocycles. The molecule has 0 radical (unpaired) electrons. The average Bonchev–Trinajstić information content (AvgIpc) is 2.87. The van der Waals surface area contributed by atoms with E-state index in [2.05, 4.69) is 6.07 Å². The number of rotatable bonds is 7. The fraction of sp³-hybridized carbons (Fsp3) is 0.423. The van der Waals surface area contributed by atoms with Crippen molar-refractivity contribution in [1.82, 2.24) is 9.13 Å². The Balaban J connectivity index is 1.89. The Morgan fingerprint density at radius 1 is 1.06 bits per heavy atom. The molecule has 2 heterocycles. The van der Waals surface area contributed by atoms with Crippen LogP contribution in [0.3, 0.4) is 0 Å². The molecule has 4 rings (SSSR count). The molecule has 0 amide bonds. The van der Waals surface area contributed by atoms with Gasteiger partial charge in [-0.25, -0.2) is 4.79 Å². The van der Waals surface area contributed by atoms with Crippen LogP contribution < -0.4 is 25.5 Å². The van der Waals surface area contributed by atoms with Crippen molar-refractivity contribution >= 4 is 10.9 Å². The zero-order chi connectivity index (χ0) is 25.2. The first-order valence-corrected chi connectivity index (χ1v) is 11.5. The lowest BCUT2D eigenvalue weighted by Crippen LogP contribution is -2.42. The van der Waals surface area contributed by atoms with Crippen LogP contribution in [-0.4, -0.2) is 42.2 Å². The summed E-state index contributed by atoms with van der Waals surface area (Å²) in [7, 11) is 3.08. The predicted octanol–water partition coefficient (Wildman–Crippen LogP) is 3.26. The highest BCUT2D eigenvalue weighted by Crippen LogP contribution is 2.29. The maximum atomic E-state index is 13.7. The Morgan fingerprint density at radius 3 is 2.43 bits per heavy atom. The van der Waals surface area contributed by atoms with Gasteiger partial charge in [-0.2, -0.15) is 5.26 Å². The summed E-state index contributed by atoms with van der Waals surface area (Å²) in [5.41, 5.74) is -0.615. The van der Waals surface area contributed by atoms with Gasteiger partial charge in [0.05, 0.1) is 31.7 Å². The summed E-state index contributed by atoms with van der Waals surface area (Å²) in [6.45, 7) is 4.45. The number of ether oxygens (including phenoxy) is 4. The molecule has 1 aliphatic rings. The molecule has 1 saturated heterocycles. The zero-order valence-electron chi connectivity index (χ0n) is 20.4. The van der Waals surface area contributed by atoms with Gasteiger partial charge >= 0.3 is 5.69 Å². The maximum Gasteiger partial charge on any atom is 0.332 e. The first kappa shape index (κ1) is 24.4. The Bertz CT molecular complexity index is 1390. The van der Waals surface area contributed by atoms with Crippen molar-refractivity contribution in [3.63, 3.8) is 0 Å². The van der Waals surface area contributed by atoms with Gasteiger partial charge in [-0.05, 0) is 62.6 Å². The van der Waals surface area contributed by atoms with E-state index in [1.54, 1.807) is 61.9 Å². The molecule has 1 fully saturated rings. The highest BCUT2D eigenvalue weighted by atomic mass is 16.5. The fourth-order valence-corrected chi connectivity index (χ4v) is 4.34. The molecule has 9 heteroatoms. The largest absolute Gasteiger partial charge is 0.493 e. The Hall–Kier alpha value is -3.77. The topological polar surface area (TPSA) is 105 Å². The molecule has 0 N–H and O–H groups in total. The predicted molar refractivity (Wildman–Crippen MR) is 131 cm³/mol. The third kappa shape index (κ3) is 4.88. The van der Waals surface area contributed by atoms with Crippen molar-refractivity contribution in [3.05, 3.63) is 62.8 Å². The van der Waals surface area contributed by atoms with E-state index in [1.807, 2.05) is 0 Å². The summed E-state index contributed by atoms with van der Waals surface area (Å²) in [5.74, 6) is 1.46. The van der Waals surface area contributed by atoms with Gasteiger partial charge in [0, 0.05) is 19.3 Å². The molecule has 0 aliphatic carbocycles. The molecule has 184 valence electrons. The number of fused-ring (bicyclic) bond motifs is 1. The number of hydrogen-bond acceptors (Lipinski definition) is 7. The van der Waals surface area contributed by atoms with Crippen LogP contribution in [0.25, 0.3) is 10.9 Å². The van der Waals surface area contributed by atoms with E-state index in [1.165, 1.54) is 11.7 Å². The van der Waals surface area contributed by atoms with Crippen LogP contribution in [0.1, 0.15) is 38.3 Å². The fourth-order valence-electron chi connectivity index (χ4n) is 4.34. The number of hydrogen-bond donors (Lipinski definition) is 0.